The Balaban J connectivity index is 2.21. The van der Waals surface area contributed by atoms with Gasteiger partial charge in [0.2, 0.25) is 0 Å². The van der Waals surface area contributed by atoms with Gasteiger partial charge in [0.1, 0.15) is 0 Å². The van der Waals surface area contributed by atoms with Crippen LogP contribution in [-0.4, -0.2) is 36.7 Å². The van der Waals surface area contributed by atoms with E-state index in [1.54, 1.807) is 4.68 Å². The summed E-state index contributed by atoms with van der Waals surface area (Å²) >= 11 is 0. The molecule has 1 aliphatic carbocycles. The quantitative estimate of drug-likeness (QED) is 0.840. The molecule has 2 aromatic rings. The Kier molecular flexibility index (Phi) is 2.72. The van der Waals surface area contributed by atoms with Crippen LogP contribution in [0.15, 0.2) is 11.1 Å². The molecule has 108 valence electrons. The van der Waals surface area contributed by atoms with E-state index in [1.165, 1.54) is 6.33 Å². The summed E-state index contributed by atoms with van der Waals surface area (Å²) in [7, 11) is 0. The maximum atomic E-state index is 11.7. The van der Waals surface area contributed by atoms with Gasteiger partial charge in [-0.1, -0.05) is 19.1 Å². The predicted molar refractivity (Wildman–Crippen MR) is 73.2 cm³/mol. The standard InChI is InChI=1S/C13H19N5O2/c1-12(2)8(6-19)4-5-13(12,3)18-10-9(16-17-18)11(20)15-7-14-10/h7-8,19H,4-6H2,1-3H3,(H,14,15,20)/t8-,13-/m1/s1. The Morgan fingerprint density at radius 1 is 1.50 bits per heavy atom. The van der Waals surface area contributed by atoms with Gasteiger partial charge in [-0.15, -0.1) is 5.10 Å². The molecule has 2 N–H and O–H groups in total. The number of fused-ring (bicyclic) bond motifs is 1. The molecule has 20 heavy (non-hydrogen) atoms. The second-order valence-electron chi connectivity index (χ2n) is 6.32. The zero-order valence-electron chi connectivity index (χ0n) is 11.9. The fraction of sp³-hybridized carbons (Fsp3) is 0.692. The largest absolute Gasteiger partial charge is 0.396 e. The molecule has 0 unspecified atom stereocenters. The van der Waals surface area contributed by atoms with E-state index in [0.29, 0.717) is 5.65 Å². The van der Waals surface area contributed by atoms with Gasteiger partial charge in [-0.05, 0) is 31.1 Å². The number of aromatic amines is 1. The molecular formula is C13H19N5O2. The highest BCUT2D eigenvalue weighted by Crippen LogP contribution is 2.54. The summed E-state index contributed by atoms with van der Waals surface area (Å²) in [6, 6.07) is 0. The second kappa shape index (κ2) is 4.12. The summed E-state index contributed by atoms with van der Waals surface area (Å²) < 4.78 is 1.76. The first-order chi connectivity index (χ1) is 9.41. The number of aliphatic hydroxyl groups excluding tert-OH is 1. The molecule has 1 saturated carbocycles. The van der Waals surface area contributed by atoms with E-state index < -0.39 is 0 Å². The van der Waals surface area contributed by atoms with Crippen molar-refractivity contribution in [2.75, 3.05) is 6.61 Å². The zero-order valence-corrected chi connectivity index (χ0v) is 11.9. The van der Waals surface area contributed by atoms with Crippen LogP contribution in [-0.2, 0) is 5.54 Å². The van der Waals surface area contributed by atoms with Crippen molar-refractivity contribution in [2.24, 2.45) is 11.3 Å². The summed E-state index contributed by atoms with van der Waals surface area (Å²) in [6.07, 6.45) is 3.17. The molecule has 1 fully saturated rings. The van der Waals surface area contributed by atoms with E-state index in [1.807, 2.05) is 0 Å². The number of H-pyrrole nitrogens is 1. The third kappa shape index (κ3) is 1.49. The van der Waals surface area contributed by atoms with Crippen LogP contribution in [0.25, 0.3) is 11.2 Å². The van der Waals surface area contributed by atoms with Gasteiger partial charge in [0.15, 0.2) is 11.2 Å². The van der Waals surface area contributed by atoms with E-state index in [4.69, 9.17) is 0 Å². The highest BCUT2D eigenvalue weighted by Gasteiger charge is 2.53. The fourth-order valence-corrected chi connectivity index (χ4v) is 3.37. The molecule has 0 aromatic carbocycles. The number of rotatable bonds is 2. The number of hydrogen-bond donors (Lipinski definition) is 2. The van der Waals surface area contributed by atoms with Crippen LogP contribution < -0.4 is 5.56 Å². The molecule has 0 spiro atoms. The van der Waals surface area contributed by atoms with Gasteiger partial charge >= 0.3 is 0 Å². The zero-order chi connectivity index (χ0) is 14.5. The minimum atomic E-state index is -0.323. The SMILES string of the molecule is CC1(C)[C@@H](CO)CC[C@@]1(C)n1nnc2c(=O)[nH]cnc21. The fourth-order valence-electron chi connectivity index (χ4n) is 3.37. The average molecular weight is 277 g/mol. The van der Waals surface area contributed by atoms with Crippen LogP contribution in [0.3, 0.4) is 0 Å². The molecule has 7 heteroatoms. The van der Waals surface area contributed by atoms with Gasteiger partial charge in [-0.3, -0.25) is 4.79 Å². The lowest BCUT2D eigenvalue weighted by atomic mass is 9.71. The molecule has 2 heterocycles. The summed E-state index contributed by atoms with van der Waals surface area (Å²) in [5.74, 6) is 0.203. The minimum Gasteiger partial charge on any atom is -0.396 e. The summed E-state index contributed by atoms with van der Waals surface area (Å²) in [6.45, 7) is 6.51. The van der Waals surface area contributed by atoms with Crippen molar-refractivity contribution in [1.82, 2.24) is 25.0 Å². The smallest absolute Gasteiger partial charge is 0.280 e. The number of hydrogen-bond acceptors (Lipinski definition) is 5. The van der Waals surface area contributed by atoms with Crippen molar-refractivity contribution in [1.29, 1.82) is 0 Å². The monoisotopic (exact) mass is 277 g/mol. The Morgan fingerprint density at radius 3 is 2.90 bits per heavy atom. The lowest BCUT2D eigenvalue weighted by Crippen LogP contribution is -2.44. The number of nitrogens with one attached hydrogen (secondary N) is 1. The van der Waals surface area contributed by atoms with Gasteiger partial charge in [-0.2, -0.15) is 0 Å². The lowest BCUT2D eigenvalue weighted by Gasteiger charge is -2.41. The summed E-state index contributed by atoms with van der Waals surface area (Å²) in [5, 5.41) is 17.7. The minimum absolute atomic E-state index is 0.156. The van der Waals surface area contributed by atoms with Crippen molar-refractivity contribution >= 4 is 11.2 Å². The van der Waals surface area contributed by atoms with Gasteiger partial charge in [-0.25, -0.2) is 9.67 Å². The first-order valence-electron chi connectivity index (χ1n) is 6.82. The van der Waals surface area contributed by atoms with E-state index in [2.05, 4.69) is 41.1 Å². The number of aliphatic hydroxyl groups is 1. The van der Waals surface area contributed by atoms with Gasteiger partial charge in [0, 0.05) is 6.61 Å². The maximum absolute atomic E-state index is 11.7. The van der Waals surface area contributed by atoms with Crippen molar-refractivity contribution in [3.63, 3.8) is 0 Å². The van der Waals surface area contributed by atoms with Crippen LogP contribution in [0.4, 0.5) is 0 Å². The molecule has 0 saturated heterocycles. The Labute approximate surface area is 116 Å². The molecule has 2 atom stereocenters. The second-order valence-corrected chi connectivity index (χ2v) is 6.32. The van der Waals surface area contributed by atoms with Crippen molar-refractivity contribution in [3.8, 4) is 0 Å². The van der Waals surface area contributed by atoms with Crippen molar-refractivity contribution in [3.05, 3.63) is 16.7 Å². The highest BCUT2D eigenvalue weighted by molar-refractivity contribution is 5.67. The molecule has 0 amide bonds. The third-order valence-corrected chi connectivity index (χ3v) is 5.32. The molecule has 0 aliphatic heterocycles. The van der Waals surface area contributed by atoms with Crippen LogP contribution >= 0.6 is 0 Å². The van der Waals surface area contributed by atoms with Crippen LogP contribution in [0.2, 0.25) is 0 Å². The Hall–Kier alpha value is -1.76. The number of aromatic nitrogens is 5. The highest BCUT2D eigenvalue weighted by atomic mass is 16.3. The van der Waals surface area contributed by atoms with Crippen LogP contribution in [0, 0.1) is 11.3 Å². The predicted octanol–water partition coefficient (Wildman–Crippen LogP) is 0.658. The van der Waals surface area contributed by atoms with Crippen molar-refractivity contribution < 1.29 is 5.11 Å². The number of nitrogens with zero attached hydrogens (tertiary/aromatic N) is 4. The van der Waals surface area contributed by atoms with Gasteiger partial charge < -0.3 is 10.1 Å². The van der Waals surface area contributed by atoms with Crippen molar-refractivity contribution in [2.45, 2.75) is 39.2 Å². The Bertz CT molecular complexity index is 704. The van der Waals surface area contributed by atoms with E-state index in [9.17, 15) is 9.90 Å². The topological polar surface area (TPSA) is 96.7 Å². The van der Waals surface area contributed by atoms with Crippen LogP contribution in [0.5, 0.6) is 0 Å². The van der Waals surface area contributed by atoms with Gasteiger partial charge in [0.25, 0.3) is 5.56 Å². The lowest BCUT2D eigenvalue weighted by molar-refractivity contribution is 0.0558. The molecule has 0 radical (unpaired) electrons. The first kappa shape index (κ1) is 13.2. The van der Waals surface area contributed by atoms with Crippen LogP contribution in [0.1, 0.15) is 33.6 Å². The van der Waals surface area contributed by atoms with E-state index in [0.717, 1.165) is 12.8 Å². The first-order valence-corrected chi connectivity index (χ1v) is 6.82. The molecular weight excluding hydrogens is 258 g/mol. The Morgan fingerprint density at radius 2 is 2.25 bits per heavy atom. The van der Waals surface area contributed by atoms with E-state index >= 15 is 0 Å². The van der Waals surface area contributed by atoms with Gasteiger partial charge in [0.05, 0.1) is 11.9 Å². The summed E-state index contributed by atoms with van der Waals surface area (Å²) in [5.41, 5.74) is 0.00189. The third-order valence-electron chi connectivity index (χ3n) is 5.32. The molecule has 3 rings (SSSR count). The maximum Gasteiger partial charge on any atom is 0.280 e. The molecule has 1 aliphatic rings. The average Bonchev–Trinajstić information content (AvgIpc) is 2.92. The van der Waals surface area contributed by atoms with E-state index in [-0.39, 0.29) is 34.6 Å². The summed E-state index contributed by atoms with van der Waals surface area (Å²) in [4.78, 5) is 18.5. The molecule has 2 aromatic heterocycles. The normalized spacial score (nSPS) is 29.1. The molecule has 0 bridgehead atoms. The molecule has 7 nitrogen and oxygen atoms in total.